The average Bonchev–Trinajstić information content (AvgIpc) is 3.22. The number of alkyl halides is 1. The molecule has 1 aliphatic heterocycles. The zero-order chi connectivity index (χ0) is 18.1. The van der Waals surface area contributed by atoms with Crippen molar-refractivity contribution in [2.45, 2.75) is 24.6 Å². The molecular formula is C20H19FN2O3. The van der Waals surface area contributed by atoms with E-state index in [-0.39, 0.29) is 25.5 Å². The van der Waals surface area contributed by atoms with Crippen LogP contribution >= 0.6 is 0 Å². The van der Waals surface area contributed by atoms with Crippen LogP contribution in [0.1, 0.15) is 23.5 Å². The number of fused-ring (bicyclic) bond motifs is 3. The summed E-state index contributed by atoms with van der Waals surface area (Å²) in [4.78, 5) is 23.9. The molecule has 0 saturated carbocycles. The molecule has 1 aliphatic carbocycles. The smallest absolute Gasteiger partial charge is 0.413 e. The van der Waals surface area contributed by atoms with Crippen molar-refractivity contribution in [1.29, 1.82) is 0 Å². The molecule has 0 radical (unpaired) electrons. The van der Waals surface area contributed by atoms with Crippen molar-refractivity contribution in [3.63, 3.8) is 0 Å². The number of imide groups is 1. The van der Waals surface area contributed by atoms with Gasteiger partial charge >= 0.3 is 6.09 Å². The van der Waals surface area contributed by atoms with Gasteiger partial charge in [0, 0.05) is 18.9 Å². The van der Waals surface area contributed by atoms with Crippen molar-refractivity contribution >= 4 is 12.0 Å². The van der Waals surface area contributed by atoms with Crippen LogP contribution in [0.2, 0.25) is 0 Å². The highest BCUT2D eigenvalue weighted by molar-refractivity contribution is 5.95. The van der Waals surface area contributed by atoms with Gasteiger partial charge in [0.15, 0.2) is 0 Å². The third-order valence-corrected chi connectivity index (χ3v) is 4.96. The quantitative estimate of drug-likeness (QED) is 0.889. The molecule has 0 bridgehead atoms. The number of hydrogen-bond acceptors (Lipinski definition) is 4. The van der Waals surface area contributed by atoms with E-state index < -0.39 is 24.2 Å². The molecule has 2 N–H and O–H groups in total. The highest BCUT2D eigenvalue weighted by atomic mass is 19.1. The van der Waals surface area contributed by atoms with Crippen molar-refractivity contribution < 1.29 is 18.7 Å². The van der Waals surface area contributed by atoms with Crippen LogP contribution in [0.4, 0.5) is 9.18 Å². The Morgan fingerprint density at radius 3 is 2.27 bits per heavy atom. The van der Waals surface area contributed by atoms with Gasteiger partial charge in [-0.05, 0) is 22.3 Å². The number of rotatable bonds is 3. The van der Waals surface area contributed by atoms with Gasteiger partial charge < -0.3 is 10.1 Å². The molecule has 0 spiro atoms. The summed E-state index contributed by atoms with van der Waals surface area (Å²) in [6.07, 6.45) is -1.79. The number of ether oxygens (including phenoxy) is 1. The number of hydrogen-bond donors (Lipinski definition) is 2. The zero-order valence-corrected chi connectivity index (χ0v) is 14.1. The summed E-state index contributed by atoms with van der Waals surface area (Å²) >= 11 is 0. The van der Waals surface area contributed by atoms with Gasteiger partial charge in [-0.15, -0.1) is 0 Å². The van der Waals surface area contributed by atoms with Crippen LogP contribution in [-0.2, 0) is 9.53 Å². The first-order chi connectivity index (χ1) is 12.6. The fraction of sp³-hybridized carbons (Fsp3) is 0.300. The molecule has 2 aliphatic rings. The third kappa shape index (κ3) is 3.08. The van der Waals surface area contributed by atoms with Crippen molar-refractivity contribution in [3.05, 3.63) is 59.7 Å². The fourth-order valence-corrected chi connectivity index (χ4v) is 3.71. The molecule has 2 aromatic rings. The van der Waals surface area contributed by atoms with Crippen molar-refractivity contribution in [3.8, 4) is 11.1 Å². The standard InChI is InChI=1S/C20H19FN2O3/c21-12-9-18(22-10-12)19(24)23-20(25)26-11-17-15-7-3-1-5-13(15)14-6-2-4-8-16(14)17/h1-8,12,17-18,22H,9-11H2,(H,23,24,25)/t12-,18-/m0/s1. The number of alkyl carbamates (subject to hydrolysis) is 1. The van der Waals surface area contributed by atoms with E-state index >= 15 is 0 Å². The molecule has 6 heteroatoms. The lowest BCUT2D eigenvalue weighted by Crippen LogP contribution is -2.43. The number of nitrogens with one attached hydrogen (secondary N) is 2. The molecule has 2 amide bonds. The SMILES string of the molecule is O=C(NC(=O)[C@@H]1C[C@H](F)CN1)OCC1c2ccccc2-c2ccccc21. The number of carbonyl (C=O) groups is 2. The predicted octanol–water partition coefficient (Wildman–Crippen LogP) is 2.75. The van der Waals surface area contributed by atoms with Gasteiger partial charge in [-0.3, -0.25) is 10.1 Å². The Kier molecular flexibility index (Phi) is 4.42. The van der Waals surface area contributed by atoms with E-state index in [0.29, 0.717) is 0 Å². The molecular weight excluding hydrogens is 335 g/mol. The lowest BCUT2D eigenvalue weighted by atomic mass is 9.98. The van der Waals surface area contributed by atoms with E-state index in [0.717, 1.165) is 22.3 Å². The first-order valence-electron chi connectivity index (χ1n) is 8.67. The monoisotopic (exact) mass is 354 g/mol. The van der Waals surface area contributed by atoms with E-state index in [2.05, 4.69) is 22.8 Å². The van der Waals surface area contributed by atoms with Gasteiger partial charge in [0.25, 0.3) is 0 Å². The van der Waals surface area contributed by atoms with Crippen LogP contribution in [-0.4, -0.2) is 37.4 Å². The Balaban J connectivity index is 1.42. The predicted molar refractivity (Wildman–Crippen MR) is 94.5 cm³/mol. The van der Waals surface area contributed by atoms with Crippen LogP contribution in [0.5, 0.6) is 0 Å². The van der Waals surface area contributed by atoms with Gasteiger partial charge in [-0.25, -0.2) is 9.18 Å². The third-order valence-electron chi connectivity index (χ3n) is 4.96. The molecule has 1 saturated heterocycles. The summed E-state index contributed by atoms with van der Waals surface area (Å²) in [5.74, 6) is -0.620. The topological polar surface area (TPSA) is 67.4 Å². The number of halogens is 1. The molecule has 4 rings (SSSR count). The Hall–Kier alpha value is -2.73. The second-order valence-electron chi connectivity index (χ2n) is 6.61. The van der Waals surface area contributed by atoms with E-state index in [1.54, 1.807) is 0 Å². The molecule has 26 heavy (non-hydrogen) atoms. The minimum Gasteiger partial charge on any atom is -0.448 e. The summed E-state index contributed by atoms with van der Waals surface area (Å²) in [5.41, 5.74) is 4.48. The van der Waals surface area contributed by atoms with Crippen LogP contribution in [0.25, 0.3) is 11.1 Å². The maximum Gasteiger partial charge on any atom is 0.413 e. The summed E-state index contributed by atoms with van der Waals surface area (Å²) in [7, 11) is 0. The highest BCUT2D eigenvalue weighted by Crippen LogP contribution is 2.44. The maximum absolute atomic E-state index is 13.1. The number of carbonyl (C=O) groups excluding carboxylic acids is 2. The molecule has 0 unspecified atom stereocenters. The first-order valence-corrected chi connectivity index (χ1v) is 8.67. The Labute approximate surface area is 150 Å². The van der Waals surface area contributed by atoms with E-state index in [1.807, 2.05) is 36.4 Å². The van der Waals surface area contributed by atoms with E-state index in [4.69, 9.17) is 4.74 Å². The summed E-state index contributed by atoms with van der Waals surface area (Å²) in [6, 6.07) is 15.3. The summed E-state index contributed by atoms with van der Waals surface area (Å²) in [5, 5.41) is 4.92. The van der Waals surface area contributed by atoms with Crippen LogP contribution < -0.4 is 10.6 Å². The molecule has 1 heterocycles. The minimum absolute atomic E-state index is 0.0666. The molecule has 5 nitrogen and oxygen atoms in total. The molecule has 134 valence electrons. The molecule has 0 aromatic heterocycles. The second kappa shape index (κ2) is 6.88. The van der Waals surface area contributed by atoms with Gasteiger partial charge in [0.1, 0.15) is 12.8 Å². The summed E-state index contributed by atoms with van der Waals surface area (Å²) < 4.78 is 18.5. The number of benzene rings is 2. The molecule has 1 fully saturated rings. The second-order valence-corrected chi connectivity index (χ2v) is 6.61. The maximum atomic E-state index is 13.1. The van der Waals surface area contributed by atoms with Crippen molar-refractivity contribution in [2.24, 2.45) is 0 Å². The van der Waals surface area contributed by atoms with Gasteiger partial charge in [-0.2, -0.15) is 0 Å². The largest absolute Gasteiger partial charge is 0.448 e. The fourth-order valence-electron chi connectivity index (χ4n) is 3.71. The van der Waals surface area contributed by atoms with Crippen molar-refractivity contribution in [2.75, 3.05) is 13.2 Å². The Morgan fingerprint density at radius 1 is 1.08 bits per heavy atom. The lowest BCUT2D eigenvalue weighted by molar-refractivity contribution is -0.122. The Bertz CT molecular complexity index is 809. The van der Waals surface area contributed by atoms with Gasteiger partial charge in [0.05, 0.1) is 6.04 Å². The average molecular weight is 354 g/mol. The number of amides is 2. The molecule has 2 aromatic carbocycles. The van der Waals surface area contributed by atoms with E-state index in [9.17, 15) is 14.0 Å². The van der Waals surface area contributed by atoms with Crippen LogP contribution in [0, 0.1) is 0 Å². The minimum atomic E-state index is -1.06. The van der Waals surface area contributed by atoms with Crippen LogP contribution in [0.3, 0.4) is 0 Å². The Morgan fingerprint density at radius 2 is 1.69 bits per heavy atom. The lowest BCUT2D eigenvalue weighted by Gasteiger charge is -2.15. The van der Waals surface area contributed by atoms with Gasteiger partial charge in [-0.1, -0.05) is 48.5 Å². The zero-order valence-electron chi connectivity index (χ0n) is 14.1. The molecule has 2 atom stereocenters. The summed E-state index contributed by atoms with van der Waals surface area (Å²) in [6.45, 7) is 0.264. The van der Waals surface area contributed by atoms with E-state index in [1.165, 1.54) is 0 Å². The highest BCUT2D eigenvalue weighted by Gasteiger charge is 2.32. The normalized spacial score (nSPS) is 21.1. The van der Waals surface area contributed by atoms with Crippen LogP contribution in [0.15, 0.2) is 48.5 Å². The first kappa shape index (κ1) is 16.7. The van der Waals surface area contributed by atoms with Crippen molar-refractivity contribution in [1.82, 2.24) is 10.6 Å². The van der Waals surface area contributed by atoms with Gasteiger partial charge in [0.2, 0.25) is 5.91 Å².